The second-order valence-corrected chi connectivity index (χ2v) is 5.32. The van der Waals surface area contributed by atoms with Gasteiger partial charge in [-0.15, -0.1) is 0 Å². The maximum atomic E-state index is 4.77. The normalized spacial score (nSPS) is 11.4. The van der Waals surface area contributed by atoms with E-state index in [4.69, 9.17) is 4.98 Å². The summed E-state index contributed by atoms with van der Waals surface area (Å²) in [5.74, 6) is 0. The third kappa shape index (κ3) is 2.30. The summed E-state index contributed by atoms with van der Waals surface area (Å²) in [7, 11) is 4.14. The minimum Gasteiger partial charge on any atom is -0.304 e. The standard InChI is InChI=1S/C16H18N4/c1-12-6-7-15-18-16(13-5-4-8-17-9-13)14(11-19(2)3)20(15)10-12/h4-10H,11H2,1-3H3. The van der Waals surface area contributed by atoms with Crippen molar-refractivity contribution in [2.75, 3.05) is 14.1 Å². The predicted octanol–water partition coefficient (Wildman–Crippen LogP) is 2.77. The van der Waals surface area contributed by atoms with Crippen LogP contribution in [-0.4, -0.2) is 33.4 Å². The Labute approximate surface area is 118 Å². The van der Waals surface area contributed by atoms with Gasteiger partial charge >= 0.3 is 0 Å². The lowest BCUT2D eigenvalue weighted by Crippen LogP contribution is -2.13. The van der Waals surface area contributed by atoms with Crippen LogP contribution in [0.4, 0.5) is 0 Å². The van der Waals surface area contributed by atoms with Gasteiger partial charge in [0.05, 0.1) is 11.4 Å². The number of aromatic nitrogens is 3. The zero-order valence-electron chi connectivity index (χ0n) is 12.0. The van der Waals surface area contributed by atoms with E-state index in [0.29, 0.717) is 0 Å². The Morgan fingerprint density at radius 1 is 1.20 bits per heavy atom. The van der Waals surface area contributed by atoms with E-state index < -0.39 is 0 Å². The van der Waals surface area contributed by atoms with Crippen LogP contribution in [0.5, 0.6) is 0 Å². The molecule has 0 aliphatic carbocycles. The van der Waals surface area contributed by atoms with Gasteiger partial charge in [0, 0.05) is 30.7 Å². The van der Waals surface area contributed by atoms with E-state index in [2.05, 4.69) is 59.7 Å². The van der Waals surface area contributed by atoms with Crippen molar-refractivity contribution in [3.63, 3.8) is 0 Å². The molecule has 4 nitrogen and oxygen atoms in total. The third-order valence-electron chi connectivity index (χ3n) is 3.27. The Balaban J connectivity index is 2.25. The van der Waals surface area contributed by atoms with Crippen molar-refractivity contribution in [3.05, 3.63) is 54.1 Å². The van der Waals surface area contributed by atoms with E-state index in [1.165, 1.54) is 11.3 Å². The number of rotatable bonds is 3. The van der Waals surface area contributed by atoms with Crippen molar-refractivity contribution < 1.29 is 0 Å². The van der Waals surface area contributed by atoms with Gasteiger partial charge in [0.1, 0.15) is 5.65 Å². The van der Waals surface area contributed by atoms with Gasteiger partial charge in [0.15, 0.2) is 0 Å². The van der Waals surface area contributed by atoms with Gasteiger partial charge in [-0.3, -0.25) is 4.98 Å². The molecule has 3 heterocycles. The van der Waals surface area contributed by atoms with Crippen LogP contribution in [0, 0.1) is 6.92 Å². The second kappa shape index (κ2) is 5.06. The summed E-state index contributed by atoms with van der Waals surface area (Å²) in [4.78, 5) is 11.1. The van der Waals surface area contributed by atoms with Gasteiger partial charge in [-0.05, 0) is 44.8 Å². The molecule has 0 aliphatic rings. The van der Waals surface area contributed by atoms with Crippen LogP contribution in [0.3, 0.4) is 0 Å². The Morgan fingerprint density at radius 2 is 2.05 bits per heavy atom. The minimum absolute atomic E-state index is 0.842. The van der Waals surface area contributed by atoms with E-state index in [0.717, 1.165) is 23.4 Å². The van der Waals surface area contributed by atoms with Crippen LogP contribution >= 0.6 is 0 Å². The molecular formula is C16H18N4. The number of fused-ring (bicyclic) bond motifs is 1. The van der Waals surface area contributed by atoms with Gasteiger partial charge in [0.25, 0.3) is 0 Å². The SMILES string of the molecule is Cc1ccc2nc(-c3cccnc3)c(CN(C)C)n2c1. The van der Waals surface area contributed by atoms with Crippen molar-refractivity contribution in [3.8, 4) is 11.3 Å². The first kappa shape index (κ1) is 12.8. The lowest BCUT2D eigenvalue weighted by molar-refractivity contribution is 0.396. The van der Waals surface area contributed by atoms with Crippen molar-refractivity contribution in [1.29, 1.82) is 0 Å². The summed E-state index contributed by atoms with van der Waals surface area (Å²) in [6.07, 6.45) is 5.80. The maximum Gasteiger partial charge on any atom is 0.137 e. The molecule has 3 rings (SSSR count). The third-order valence-corrected chi connectivity index (χ3v) is 3.27. The summed E-state index contributed by atoms with van der Waals surface area (Å²) in [6, 6.07) is 8.16. The Kier molecular flexibility index (Phi) is 3.24. The molecule has 0 radical (unpaired) electrons. The monoisotopic (exact) mass is 266 g/mol. The van der Waals surface area contributed by atoms with Crippen molar-refractivity contribution in [1.82, 2.24) is 19.3 Å². The zero-order valence-corrected chi connectivity index (χ0v) is 12.0. The summed E-state index contributed by atoms with van der Waals surface area (Å²) in [5.41, 5.74) is 5.48. The minimum atomic E-state index is 0.842. The van der Waals surface area contributed by atoms with Crippen LogP contribution in [0.1, 0.15) is 11.3 Å². The Bertz CT molecular complexity index is 729. The molecule has 3 aromatic heterocycles. The molecule has 102 valence electrons. The molecule has 0 aromatic carbocycles. The highest BCUT2D eigenvalue weighted by atomic mass is 15.1. The molecule has 3 aromatic rings. The van der Waals surface area contributed by atoms with E-state index in [9.17, 15) is 0 Å². The number of pyridine rings is 2. The van der Waals surface area contributed by atoms with Crippen LogP contribution in [0.25, 0.3) is 16.9 Å². The van der Waals surface area contributed by atoms with Crippen molar-refractivity contribution in [2.24, 2.45) is 0 Å². The molecule has 0 saturated heterocycles. The molecule has 0 spiro atoms. The second-order valence-electron chi connectivity index (χ2n) is 5.32. The highest BCUT2D eigenvalue weighted by Crippen LogP contribution is 2.25. The lowest BCUT2D eigenvalue weighted by atomic mass is 10.1. The topological polar surface area (TPSA) is 33.4 Å². The average molecular weight is 266 g/mol. The molecular weight excluding hydrogens is 248 g/mol. The first-order valence-corrected chi connectivity index (χ1v) is 6.68. The van der Waals surface area contributed by atoms with Gasteiger partial charge in [-0.25, -0.2) is 4.98 Å². The molecule has 0 bridgehead atoms. The summed E-state index contributed by atoms with van der Waals surface area (Å²) in [6.45, 7) is 2.94. The number of hydrogen-bond donors (Lipinski definition) is 0. The predicted molar refractivity (Wildman–Crippen MR) is 80.6 cm³/mol. The first-order valence-electron chi connectivity index (χ1n) is 6.68. The Morgan fingerprint density at radius 3 is 2.75 bits per heavy atom. The molecule has 0 atom stereocenters. The van der Waals surface area contributed by atoms with Crippen LogP contribution < -0.4 is 0 Å². The first-order chi connectivity index (χ1) is 9.65. The molecule has 4 heteroatoms. The van der Waals surface area contributed by atoms with Gasteiger partial charge in [-0.2, -0.15) is 0 Å². The highest BCUT2D eigenvalue weighted by Gasteiger charge is 2.14. The fourth-order valence-electron chi connectivity index (χ4n) is 2.38. The van der Waals surface area contributed by atoms with Crippen molar-refractivity contribution in [2.45, 2.75) is 13.5 Å². The number of aryl methyl sites for hydroxylation is 1. The van der Waals surface area contributed by atoms with Gasteiger partial charge in [0.2, 0.25) is 0 Å². The van der Waals surface area contributed by atoms with Gasteiger partial charge in [-0.1, -0.05) is 6.07 Å². The fourth-order valence-corrected chi connectivity index (χ4v) is 2.38. The molecule has 0 unspecified atom stereocenters. The number of nitrogens with zero attached hydrogens (tertiary/aromatic N) is 4. The van der Waals surface area contributed by atoms with Crippen LogP contribution in [-0.2, 0) is 6.54 Å². The maximum absolute atomic E-state index is 4.77. The van der Waals surface area contributed by atoms with Crippen LogP contribution in [0.2, 0.25) is 0 Å². The highest BCUT2D eigenvalue weighted by molar-refractivity contribution is 5.65. The summed E-state index contributed by atoms with van der Waals surface area (Å²) < 4.78 is 2.18. The van der Waals surface area contributed by atoms with E-state index in [-0.39, 0.29) is 0 Å². The summed E-state index contributed by atoms with van der Waals surface area (Å²) >= 11 is 0. The zero-order chi connectivity index (χ0) is 14.1. The fraction of sp³-hybridized carbons (Fsp3) is 0.250. The van der Waals surface area contributed by atoms with E-state index in [1.807, 2.05) is 12.3 Å². The Hall–Kier alpha value is -2.20. The number of hydrogen-bond acceptors (Lipinski definition) is 3. The molecule has 0 amide bonds. The van der Waals surface area contributed by atoms with Crippen molar-refractivity contribution >= 4 is 5.65 Å². The van der Waals surface area contributed by atoms with Gasteiger partial charge < -0.3 is 9.30 Å². The lowest BCUT2D eigenvalue weighted by Gasteiger charge is -2.11. The average Bonchev–Trinajstić information content (AvgIpc) is 2.77. The molecule has 0 fully saturated rings. The van der Waals surface area contributed by atoms with Crippen LogP contribution in [0.15, 0.2) is 42.9 Å². The molecule has 0 aliphatic heterocycles. The summed E-state index contributed by atoms with van der Waals surface area (Å²) in [5, 5.41) is 0. The quantitative estimate of drug-likeness (QED) is 0.731. The molecule has 0 saturated carbocycles. The largest absolute Gasteiger partial charge is 0.304 e. The molecule has 20 heavy (non-hydrogen) atoms. The molecule has 0 N–H and O–H groups in total. The van der Waals surface area contributed by atoms with E-state index >= 15 is 0 Å². The smallest absolute Gasteiger partial charge is 0.137 e. The van der Waals surface area contributed by atoms with E-state index in [1.54, 1.807) is 6.20 Å². The number of imidazole rings is 1.